The minimum absolute atomic E-state index is 0.147. The average Bonchev–Trinajstić information content (AvgIpc) is 2.35. The van der Waals surface area contributed by atoms with Crippen molar-refractivity contribution in [1.82, 2.24) is 4.90 Å². The van der Waals surface area contributed by atoms with E-state index in [9.17, 15) is 13.6 Å². The fourth-order valence-electron chi connectivity index (χ4n) is 1.58. The molecule has 1 atom stereocenters. The minimum Gasteiger partial charge on any atom is -0.340 e. The molecule has 0 saturated heterocycles. The zero-order valence-corrected chi connectivity index (χ0v) is 10.3. The van der Waals surface area contributed by atoms with Gasteiger partial charge in [0.15, 0.2) is 11.6 Å². The van der Waals surface area contributed by atoms with Gasteiger partial charge >= 0.3 is 0 Å². The highest BCUT2D eigenvalue weighted by atomic mass is 19.2. The van der Waals surface area contributed by atoms with Gasteiger partial charge in [0.2, 0.25) is 5.91 Å². The SMILES string of the molecule is CCC(C#N)C(=O)N(C)Cc1ccc(F)c(F)c1. The largest absolute Gasteiger partial charge is 0.340 e. The number of hydrogen-bond donors (Lipinski definition) is 0. The second-order valence-electron chi connectivity index (χ2n) is 4.03. The van der Waals surface area contributed by atoms with E-state index in [1.165, 1.54) is 18.0 Å². The van der Waals surface area contributed by atoms with Crippen LogP contribution >= 0.6 is 0 Å². The zero-order valence-electron chi connectivity index (χ0n) is 10.3. The molecule has 3 nitrogen and oxygen atoms in total. The van der Waals surface area contributed by atoms with E-state index in [1.54, 1.807) is 6.92 Å². The molecule has 0 radical (unpaired) electrons. The number of carbonyl (C=O) groups is 1. The Labute approximate surface area is 105 Å². The minimum atomic E-state index is -0.944. The first-order chi connectivity index (χ1) is 8.49. The van der Waals surface area contributed by atoms with Crippen LogP contribution in [-0.4, -0.2) is 17.9 Å². The molecule has 0 aliphatic heterocycles. The van der Waals surface area contributed by atoms with Crippen molar-refractivity contribution < 1.29 is 13.6 Å². The van der Waals surface area contributed by atoms with Gasteiger partial charge in [-0.1, -0.05) is 13.0 Å². The molecule has 18 heavy (non-hydrogen) atoms. The zero-order chi connectivity index (χ0) is 13.7. The van der Waals surface area contributed by atoms with Gasteiger partial charge in [-0.15, -0.1) is 0 Å². The third-order valence-corrected chi connectivity index (χ3v) is 2.64. The van der Waals surface area contributed by atoms with Crippen LogP contribution in [0, 0.1) is 28.9 Å². The second-order valence-corrected chi connectivity index (χ2v) is 4.03. The molecule has 0 spiro atoms. The molecule has 0 aliphatic rings. The lowest BCUT2D eigenvalue weighted by atomic mass is 10.1. The molecule has 1 aromatic carbocycles. The highest BCUT2D eigenvalue weighted by molar-refractivity contribution is 5.80. The lowest BCUT2D eigenvalue weighted by Crippen LogP contribution is -2.31. The molecule has 1 aromatic rings. The lowest BCUT2D eigenvalue weighted by molar-refractivity contribution is -0.133. The van der Waals surface area contributed by atoms with Crippen LogP contribution < -0.4 is 0 Å². The average molecular weight is 252 g/mol. The monoisotopic (exact) mass is 252 g/mol. The summed E-state index contributed by atoms with van der Waals surface area (Å²) in [6.07, 6.45) is 0.428. The number of halogens is 2. The number of hydrogen-bond acceptors (Lipinski definition) is 2. The smallest absolute Gasteiger partial charge is 0.239 e. The second kappa shape index (κ2) is 6.10. The fraction of sp³-hybridized carbons (Fsp3) is 0.385. The van der Waals surface area contributed by atoms with Crippen LogP contribution in [0.25, 0.3) is 0 Å². The number of nitriles is 1. The topological polar surface area (TPSA) is 44.1 Å². The summed E-state index contributed by atoms with van der Waals surface area (Å²) in [5, 5.41) is 8.78. The Morgan fingerprint density at radius 3 is 2.61 bits per heavy atom. The Balaban J connectivity index is 2.75. The maximum absolute atomic E-state index is 13.0. The molecule has 96 valence electrons. The summed E-state index contributed by atoms with van der Waals surface area (Å²) in [6.45, 7) is 1.89. The summed E-state index contributed by atoms with van der Waals surface area (Å²) in [5.74, 6) is -2.87. The normalized spacial score (nSPS) is 11.7. The molecule has 5 heteroatoms. The molecule has 0 heterocycles. The first kappa shape index (κ1) is 14.1. The van der Waals surface area contributed by atoms with Crippen molar-refractivity contribution in [3.05, 3.63) is 35.4 Å². The summed E-state index contributed by atoms with van der Waals surface area (Å²) < 4.78 is 25.7. The van der Waals surface area contributed by atoms with E-state index in [2.05, 4.69) is 0 Å². The molecule has 1 unspecified atom stereocenters. The Hall–Kier alpha value is -1.96. The maximum Gasteiger partial charge on any atom is 0.239 e. The first-order valence-electron chi connectivity index (χ1n) is 5.58. The van der Waals surface area contributed by atoms with Crippen molar-refractivity contribution in [3.8, 4) is 6.07 Å². The Bertz CT molecular complexity index is 482. The summed E-state index contributed by atoms with van der Waals surface area (Å²) in [4.78, 5) is 13.1. The van der Waals surface area contributed by atoms with Gasteiger partial charge in [-0.25, -0.2) is 8.78 Å². The van der Waals surface area contributed by atoms with Gasteiger partial charge in [0.25, 0.3) is 0 Å². The molecular weight excluding hydrogens is 238 g/mol. The Morgan fingerprint density at radius 1 is 1.44 bits per heavy atom. The van der Waals surface area contributed by atoms with Gasteiger partial charge in [0.05, 0.1) is 6.07 Å². The van der Waals surface area contributed by atoms with E-state index in [0.717, 1.165) is 12.1 Å². The van der Waals surface area contributed by atoms with Gasteiger partial charge in [0, 0.05) is 13.6 Å². The Morgan fingerprint density at radius 2 is 2.11 bits per heavy atom. The number of carbonyl (C=O) groups excluding carboxylic acids is 1. The van der Waals surface area contributed by atoms with Crippen LogP contribution in [0.15, 0.2) is 18.2 Å². The summed E-state index contributed by atoms with van der Waals surface area (Å²) in [6, 6.07) is 5.39. The van der Waals surface area contributed by atoms with Gasteiger partial charge in [-0.05, 0) is 24.1 Å². The molecule has 0 aromatic heterocycles. The molecular formula is C13H14F2N2O. The number of amides is 1. The predicted octanol–water partition coefficient (Wildman–Crippen LogP) is 2.47. The quantitative estimate of drug-likeness (QED) is 0.826. The predicted molar refractivity (Wildman–Crippen MR) is 62.2 cm³/mol. The standard InChI is InChI=1S/C13H14F2N2O/c1-3-10(7-16)13(18)17(2)8-9-4-5-11(14)12(15)6-9/h4-6,10H,3,8H2,1-2H3. The van der Waals surface area contributed by atoms with Crippen LogP contribution in [0.1, 0.15) is 18.9 Å². The van der Waals surface area contributed by atoms with E-state index >= 15 is 0 Å². The lowest BCUT2D eigenvalue weighted by Gasteiger charge is -2.19. The summed E-state index contributed by atoms with van der Waals surface area (Å²) >= 11 is 0. The highest BCUT2D eigenvalue weighted by Crippen LogP contribution is 2.12. The van der Waals surface area contributed by atoms with E-state index in [0.29, 0.717) is 12.0 Å². The van der Waals surface area contributed by atoms with E-state index in [1.807, 2.05) is 6.07 Å². The van der Waals surface area contributed by atoms with E-state index < -0.39 is 17.6 Å². The molecule has 1 rings (SSSR count). The third-order valence-electron chi connectivity index (χ3n) is 2.64. The van der Waals surface area contributed by atoms with Crippen molar-refractivity contribution in [3.63, 3.8) is 0 Å². The molecule has 0 saturated carbocycles. The van der Waals surface area contributed by atoms with Crippen molar-refractivity contribution in [1.29, 1.82) is 5.26 Å². The van der Waals surface area contributed by atoms with Crippen molar-refractivity contribution in [2.24, 2.45) is 5.92 Å². The van der Waals surface area contributed by atoms with Crippen molar-refractivity contribution >= 4 is 5.91 Å². The highest BCUT2D eigenvalue weighted by Gasteiger charge is 2.20. The van der Waals surface area contributed by atoms with Crippen molar-refractivity contribution in [2.45, 2.75) is 19.9 Å². The van der Waals surface area contributed by atoms with Gasteiger partial charge in [-0.3, -0.25) is 4.79 Å². The van der Waals surface area contributed by atoms with Gasteiger partial charge in [0.1, 0.15) is 5.92 Å². The van der Waals surface area contributed by atoms with Crippen LogP contribution in [0.3, 0.4) is 0 Å². The molecule has 0 bridgehead atoms. The molecule has 0 aliphatic carbocycles. The number of nitrogens with zero attached hydrogens (tertiary/aromatic N) is 2. The van der Waals surface area contributed by atoms with Gasteiger partial charge in [-0.2, -0.15) is 5.26 Å². The van der Waals surface area contributed by atoms with Crippen LogP contribution in [0.2, 0.25) is 0 Å². The molecule has 0 N–H and O–H groups in total. The van der Waals surface area contributed by atoms with Crippen molar-refractivity contribution in [2.75, 3.05) is 7.05 Å². The van der Waals surface area contributed by atoms with Crippen LogP contribution in [-0.2, 0) is 11.3 Å². The summed E-state index contributed by atoms with van der Waals surface area (Å²) in [7, 11) is 1.53. The van der Waals surface area contributed by atoms with Crippen LogP contribution in [0.4, 0.5) is 8.78 Å². The van der Waals surface area contributed by atoms with E-state index in [-0.39, 0.29) is 12.5 Å². The number of benzene rings is 1. The fourth-order valence-corrected chi connectivity index (χ4v) is 1.58. The third kappa shape index (κ3) is 3.27. The van der Waals surface area contributed by atoms with Crippen LogP contribution in [0.5, 0.6) is 0 Å². The molecule has 1 amide bonds. The summed E-state index contributed by atoms with van der Waals surface area (Å²) in [5.41, 5.74) is 0.484. The van der Waals surface area contributed by atoms with E-state index in [4.69, 9.17) is 5.26 Å². The maximum atomic E-state index is 13.0. The Kier molecular flexibility index (Phi) is 4.78. The van der Waals surface area contributed by atoms with Gasteiger partial charge < -0.3 is 4.90 Å². The number of rotatable bonds is 4. The molecule has 0 fully saturated rings. The first-order valence-corrected chi connectivity index (χ1v) is 5.58.